The smallest absolute Gasteiger partial charge is 0.344 e. The van der Waals surface area contributed by atoms with Gasteiger partial charge in [-0.15, -0.1) is 0 Å². The summed E-state index contributed by atoms with van der Waals surface area (Å²) in [6.07, 6.45) is 5.46. The second-order valence-corrected chi connectivity index (χ2v) is 8.10. The lowest BCUT2D eigenvalue weighted by Gasteiger charge is -2.29. The molecule has 1 aliphatic heterocycles. The topological polar surface area (TPSA) is 135 Å². The van der Waals surface area contributed by atoms with Gasteiger partial charge in [-0.3, -0.25) is 4.79 Å². The van der Waals surface area contributed by atoms with E-state index >= 15 is 0 Å². The van der Waals surface area contributed by atoms with E-state index in [0.29, 0.717) is 51.1 Å². The zero-order chi connectivity index (χ0) is 28.0. The average molecular weight is 517 g/mol. The van der Waals surface area contributed by atoms with Gasteiger partial charge >= 0.3 is 17.9 Å². The highest BCUT2D eigenvalue weighted by atomic mass is 16.6. The molecular weight excluding hydrogens is 472 g/mol. The van der Waals surface area contributed by atoms with E-state index in [0.717, 1.165) is 25.3 Å². The van der Waals surface area contributed by atoms with Crippen molar-refractivity contribution in [2.45, 2.75) is 84.3 Å². The van der Waals surface area contributed by atoms with Crippen LogP contribution in [-0.4, -0.2) is 73.7 Å². The molecule has 0 radical (unpaired) electrons. The number of aliphatic hydroxyl groups excluding tert-OH is 1. The molecular formula is C26H44O10. The van der Waals surface area contributed by atoms with Crippen molar-refractivity contribution >= 4 is 24.4 Å². The van der Waals surface area contributed by atoms with E-state index < -0.39 is 23.1 Å². The van der Waals surface area contributed by atoms with Crippen molar-refractivity contribution in [2.75, 3.05) is 33.0 Å². The largest absolute Gasteiger partial charge is 0.463 e. The molecule has 2 unspecified atom stereocenters. The predicted molar refractivity (Wildman–Crippen MR) is 134 cm³/mol. The minimum Gasteiger partial charge on any atom is -0.463 e. The summed E-state index contributed by atoms with van der Waals surface area (Å²) < 4.78 is 24.6. The summed E-state index contributed by atoms with van der Waals surface area (Å²) in [5.41, 5.74) is -0.519. The quantitative estimate of drug-likeness (QED) is 0.158. The molecule has 1 aliphatic rings. The number of aliphatic hydroxyl groups is 1. The minimum atomic E-state index is -0.634. The Hall–Kier alpha value is -2.72. The number of rotatable bonds is 14. The van der Waals surface area contributed by atoms with Gasteiger partial charge in [0, 0.05) is 31.1 Å². The molecule has 0 amide bonds. The maximum Gasteiger partial charge on any atom is 0.344 e. The number of hydrogen-bond acceptors (Lipinski definition) is 10. The van der Waals surface area contributed by atoms with Crippen LogP contribution in [0.5, 0.6) is 0 Å². The molecule has 0 saturated carbocycles. The van der Waals surface area contributed by atoms with E-state index in [1.165, 1.54) is 0 Å². The van der Waals surface area contributed by atoms with E-state index in [2.05, 4.69) is 22.6 Å². The van der Waals surface area contributed by atoms with E-state index in [-0.39, 0.29) is 19.2 Å². The summed E-state index contributed by atoms with van der Waals surface area (Å²) in [4.78, 5) is 42.8. The molecule has 1 heterocycles. The fourth-order valence-electron chi connectivity index (χ4n) is 3.18. The highest BCUT2D eigenvalue weighted by Crippen LogP contribution is 2.27. The molecule has 10 heteroatoms. The molecule has 0 aliphatic carbocycles. The van der Waals surface area contributed by atoms with Gasteiger partial charge in [0.2, 0.25) is 0 Å². The molecule has 1 fully saturated rings. The van der Waals surface area contributed by atoms with Crippen LogP contribution in [0.2, 0.25) is 0 Å². The summed E-state index contributed by atoms with van der Waals surface area (Å²) >= 11 is 0. The molecule has 208 valence electrons. The highest BCUT2D eigenvalue weighted by molar-refractivity contribution is 5.86. The number of carbonyl (C=O) groups is 4. The molecule has 1 N–H and O–H groups in total. The zero-order valence-electron chi connectivity index (χ0n) is 22.5. The first kappa shape index (κ1) is 35.4. The molecule has 0 aromatic heterocycles. The van der Waals surface area contributed by atoms with Gasteiger partial charge in [-0.05, 0) is 33.1 Å². The number of esters is 3. The van der Waals surface area contributed by atoms with Crippen LogP contribution in [0.4, 0.5) is 0 Å². The Bertz CT molecular complexity index is 674. The molecule has 0 aromatic carbocycles. The lowest BCUT2D eigenvalue weighted by molar-refractivity contribution is -0.169. The number of carbonyl (C=O) groups excluding carboxylic acids is 4. The van der Waals surface area contributed by atoms with Crippen molar-refractivity contribution in [3.8, 4) is 0 Å². The first-order valence-corrected chi connectivity index (χ1v) is 12.2. The third-order valence-electron chi connectivity index (χ3n) is 5.38. The van der Waals surface area contributed by atoms with Gasteiger partial charge in [0.05, 0.1) is 19.8 Å². The van der Waals surface area contributed by atoms with Crippen LogP contribution in [0.25, 0.3) is 0 Å². The van der Waals surface area contributed by atoms with Gasteiger partial charge in [0.1, 0.15) is 11.2 Å². The molecule has 0 aromatic rings. The molecule has 1 rings (SSSR count). The SMILES string of the molecule is C=C(C)C(=O)OCC.C=CC(=O)OCC(=O)OC1(CC)CCOC1.CCCC(CC)(CCO)OC=O. The Balaban J connectivity index is 0. The van der Waals surface area contributed by atoms with Crippen molar-refractivity contribution in [3.63, 3.8) is 0 Å². The average Bonchev–Trinajstić information content (AvgIpc) is 3.32. The fraction of sp³-hybridized carbons (Fsp3) is 0.692. The van der Waals surface area contributed by atoms with E-state index in [4.69, 9.17) is 19.3 Å². The maximum atomic E-state index is 11.4. The van der Waals surface area contributed by atoms with Crippen molar-refractivity contribution in [2.24, 2.45) is 0 Å². The lowest BCUT2D eigenvalue weighted by Crippen LogP contribution is -2.36. The first-order valence-electron chi connectivity index (χ1n) is 12.2. The van der Waals surface area contributed by atoms with Gasteiger partial charge in [0.25, 0.3) is 6.47 Å². The van der Waals surface area contributed by atoms with Gasteiger partial charge in [-0.2, -0.15) is 0 Å². The summed E-state index contributed by atoms with van der Waals surface area (Å²) in [7, 11) is 0. The third kappa shape index (κ3) is 15.3. The number of ether oxygens (including phenoxy) is 5. The van der Waals surface area contributed by atoms with Crippen LogP contribution in [0.3, 0.4) is 0 Å². The Morgan fingerprint density at radius 2 is 1.81 bits per heavy atom. The van der Waals surface area contributed by atoms with E-state index in [1.807, 2.05) is 20.8 Å². The second-order valence-electron chi connectivity index (χ2n) is 8.10. The van der Waals surface area contributed by atoms with Gasteiger partial charge < -0.3 is 28.8 Å². The standard InChI is InChI=1S/C11H16O5.C9H18O3.C6H10O2/c1-3-9(12)15-7-10(13)16-11(4-2)5-6-14-8-11;1-3-5-9(4-2,6-7-10)12-8-11;1-4-8-6(7)5(2)3/h3H,1,4-8H2,2H3;8,10H,3-7H2,1-2H3;2,4H2,1,3H3. The van der Waals surface area contributed by atoms with Gasteiger partial charge in [-0.25, -0.2) is 14.4 Å². The van der Waals surface area contributed by atoms with E-state index in [1.54, 1.807) is 13.8 Å². The minimum absolute atomic E-state index is 0.0711. The summed E-state index contributed by atoms with van der Waals surface area (Å²) in [5, 5.41) is 8.79. The van der Waals surface area contributed by atoms with Crippen LogP contribution >= 0.6 is 0 Å². The first-order chi connectivity index (χ1) is 17.0. The molecule has 36 heavy (non-hydrogen) atoms. The Labute approximate surface area is 214 Å². The Morgan fingerprint density at radius 3 is 2.17 bits per heavy atom. The third-order valence-corrected chi connectivity index (χ3v) is 5.38. The van der Waals surface area contributed by atoms with Gasteiger partial charge in [0.15, 0.2) is 6.61 Å². The highest BCUT2D eigenvalue weighted by Gasteiger charge is 2.37. The molecule has 0 bridgehead atoms. The van der Waals surface area contributed by atoms with Crippen LogP contribution in [0, 0.1) is 0 Å². The summed E-state index contributed by atoms with van der Waals surface area (Å²) in [6, 6.07) is 0. The van der Waals surface area contributed by atoms with Crippen LogP contribution < -0.4 is 0 Å². The molecule has 1 saturated heterocycles. The fourth-order valence-corrected chi connectivity index (χ4v) is 3.18. The maximum absolute atomic E-state index is 11.4. The summed E-state index contributed by atoms with van der Waals surface area (Å²) in [5.74, 6) is -1.50. The molecule has 0 spiro atoms. The Morgan fingerprint density at radius 1 is 1.14 bits per heavy atom. The number of hydrogen-bond donors (Lipinski definition) is 1. The van der Waals surface area contributed by atoms with E-state index in [9.17, 15) is 19.2 Å². The predicted octanol–water partition coefficient (Wildman–Crippen LogP) is 3.44. The van der Waals surface area contributed by atoms with Crippen molar-refractivity contribution < 1.29 is 48.0 Å². The van der Waals surface area contributed by atoms with Gasteiger partial charge in [-0.1, -0.05) is 40.3 Å². The van der Waals surface area contributed by atoms with Crippen LogP contribution in [0.1, 0.15) is 73.1 Å². The second kappa shape index (κ2) is 20.5. The van der Waals surface area contributed by atoms with Crippen molar-refractivity contribution in [1.82, 2.24) is 0 Å². The lowest BCUT2D eigenvalue weighted by atomic mass is 9.91. The van der Waals surface area contributed by atoms with Crippen LogP contribution in [0.15, 0.2) is 24.8 Å². The zero-order valence-corrected chi connectivity index (χ0v) is 22.5. The van der Waals surface area contributed by atoms with Crippen molar-refractivity contribution in [3.05, 3.63) is 24.8 Å². The molecule has 10 nitrogen and oxygen atoms in total. The summed E-state index contributed by atoms with van der Waals surface area (Å²) in [6.45, 7) is 17.5. The van der Waals surface area contributed by atoms with Crippen molar-refractivity contribution in [1.29, 1.82) is 0 Å². The Kier molecular flexibility index (Phi) is 20.2. The normalized spacial score (nSPS) is 17.5. The monoisotopic (exact) mass is 516 g/mol. The van der Waals surface area contributed by atoms with Crippen LogP contribution in [-0.2, 0) is 42.9 Å². The molecule has 2 atom stereocenters.